The molecule has 2 bridgehead atoms. The summed E-state index contributed by atoms with van der Waals surface area (Å²) in [5, 5.41) is 22.4. The van der Waals surface area contributed by atoms with Gasteiger partial charge in [-0.1, -0.05) is 30.5 Å². The number of carbonyl (C=O) groups is 1. The molecule has 10 heteroatoms. The molecule has 2 aromatic carbocycles. The lowest BCUT2D eigenvalue weighted by Gasteiger charge is -2.48. The normalized spacial score (nSPS) is 27.6. The molecule has 2 aliphatic heterocycles. The van der Waals surface area contributed by atoms with Crippen molar-refractivity contribution in [3.05, 3.63) is 58.1 Å². The average molecular weight is 591 g/mol. The number of hydrogen-bond acceptors (Lipinski definition) is 7. The Morgan fingerprint density at radius 3 is 2.67 bits per heavy atom. The van der Waals surface area contributed by atoms with E-state index in [2.05, 4.69) is 9.62 Å². The summed E-state index contributed by atoms with van der Waals surface area (Å²) in [6.07, 6.45) is 6.46. The topological polar surface area (TPSA) is 116 Å². The van der Waals surface area contributed by atoms with Gasteiger partial charge < -0.3 is 19.8 Å². The Morgan fingerprint density at radius 1 is 1.05 bits per heavy atom. The van der Waals surface area contributed by atoms with Crippen molar-refractivity contribution in [2.45, 2.75) is 70.0 Å². The molecule has 2 aromatic rings. The van der Waals surface area contributed by atoms with Crippen molar-refractivity contribution in [1.82, 2.24) is 4.72 Å². The van der Waals surface area contributed by atoms with Crippen molar-refractivity contribution in [3.8, 4) is 5.75 Å². The highest BCUT2D eigenvalue weighted by Crippen LogP contribution is 2.45. The molecule has 0 aromatic heterocycles. The van der Waals surface area contributed by atoms with Gasteiger partial charge in [-0.3, -0.25) is 4.79 Å². The van der Waals surface area contributed by atoms with Crippen LogP contribution in [0, 0.1) is 11.8 Å². The molecule has 3 aliphatic rings. The van der Waals surface area contributed by atoms with Crippen molar-refractivity contribution in [1.29, 1.82) is 0 Å². The molecule has 5 rings (SSSR count). The zero-order valence-electron chi connectivity index (χ0n) is 22.8. The van der Waals surface area contributed by atoms with E-state index < -0.39 is 21.5 Å². The molecule has 1 fully saturated rings. The van der Waals surface area contributed by atoms with Gasteiger partial charge in [-0.15, -0.1) is 0 Å². The summed E-state index contributed by atoms with van der Waals surface area (Å²) in [5.74, 6) is -0.0882. The molecule has 1 amide bonds. The summed E-state index contributed by atoms with van der Waals surface area (Å²) in [7, 11) is -3.82. The van der Waals surface area contributed by atoms with E-state index in [-0.39, 0.29) is 29.8 Å². The van der Waals surface area contributed by atoms with Crippen LogP contribution in [0.5, 0.6) is 5.75 Å². The Kier molecular flexibility index (Phi) is 8.95. The molecule has 2 heterocycles. The van der Waals surface area contributed by atoms with Crippen LogP contribution in [0.25, 0.3) is 0 Å². The summed E-state index contributed by atoms with van der Waals surface area (Å²) in [6.45, 7) is 1.37. The first-order valence-electron chi connectivity index (χ1n) is 14.3. The average Bonchev–Trinajstić information content (AvgIpc) is 2.93. The number of amides is 1. The zero-order valence-corrected chi connectivity index (χ0v) is 24.4. The van der Waals surface area contributed by atoms with Gasteiger partial charge in [0, 0.05) is 23.7 Å². The maximum Gasteiger partial charge on any atom is 0.264 e. The fraction of sp³-hybridized carbons (Fsp3) is 0.567. The summed E-state index contributed by atoms with van der Waals surface area (Å²) < 4.78 is 33.9. The maximum atomic E-state index is 13.1. The minimum Gasteiger partial charge on any atom is -0.487 e. The lowest BCUT2D eigenvalue weighted by molar-refractivity contribution is -0.117. The first kappa shape index (κ1) is 29.2. The molecular formula is C30H39ClN2O6S. The third-order valence-corrected chi connectivity index (χ3v) is 10.4. The van der Waals surface area contributed by atoms with Gasteiger partial charge in [-0.05, 0) is 98.2 Å². The van der Waals surface area contributed by atoms with Gasteiger partial charge >= 0.3 is 0 Å². The molecule has 8 nitrogen and oxygen atoms in total. The number of rotatable bonds is 1. The first-order chi connectivity index (χ1) is 19.2. The SMILES string of the molecule is O=C1NS(=O)(=O)CCCCC[C@](O)(CO)[C@@H]2CC[C@H]2CN2CCCCc3cc(Cl)ccc3COc3ccc1cc32. The van der Waals surface area contributed by atoms with Gasteiger partial charge in [0.15, 0.2) is 0 Å². The number of nitrogens with zero attached hydrogens (tertiary/aromatic N) is 1. The summed E-state index contributed by atoms with van der Waals surface area (Å²) >= 11 is 6.28. The number of aryl methyl sites for hydroxylation is 1. The number of ether oxygens (including phenoxy) is 1. The van der Waals surface area contributed by atoms with E-state index >= 15 is 0 Å². The van der Waals surface area contributed by atoms with E-state index in [1.54, 1.807) is 18.2 Å². The third-order valence-electron chi connectivity index (χ3n) is 8.84. The van der Waals surface area contributed by atoms with Crippen LogP contribution < -0.4 is 14.4 Å². The predicted octanol–water partition coefficient (Wildman–Crippen LogP) is 4.44. The van der Waals surface area contributed by atoms with E-state index in [0.29, 0.717) is 56.2 Å². The molecule has 40 heavy (non-hydrogen) atoms. The van der Waals surface area contributed by atoms with Crippen LogP contribution in [-0.4, -0.2) is 55.6 Å². The molecule has 218 valence electrons. The van der Waals surface area contributed by atoms with Crippen LogP contribution in [0.4, 0.5) is 5.69 Å². The Bertz CT molecular complexity index is 1340. The van der Waals surface area contributed by atoms with E-state index in [9.17, 15) is 23.4 Å². The predicted molar refractivity (Wildman–Crippen MR) is 155 cm³/mol. The van der Waals surface area contributed by atoms with Crippen molar-refractivity contribution in [3.63, 3.8) is 0 Å². The Morgan fingerprint density at radius 2 is 1.90 bits per heavy atom. The molecule has 1 aliphatic carbocycles. The number of sulfonamides is 1. The van der Waals surface area contributed by atoms with E-state index in [0.717, 1.165) is 48.9 Å². The third kappa shape index (κ3) is 6.59. The molecular weight excluding hydrogens is 552 g/mol. The summed E-state index contributed by atoms with van der Waals surface area (Å²) in [6, 6.07) is 10.9. The highest BCUT2D eigenvalue weighted by molar-refractivity contribution is 7.90. The lowest BCUT2D eigenvalue weighted by Crippen LogP contribution is -2.53. The molecule has 0 unspecified atom stereocenters. The van der Waals surface area contributed by atoms with Crippen LogP contribution in [0.2, 0.25) is 5.02 Å². The van der Waals surface area contributed by atoms with Crippen LogP contribution in [-0.2, 0) is 23.1 Å². The van der Waals surface area contributed by atoms with Crippen molar-refractivity contribution >= 4 is 33.2 Å². The van der Waals surface area contributed by atoms with E-state index in [4.69, 9.17) is 16.3 Å². The minimum atomic E-state index is -3.82. The molecule has 0 radical (unpaired) electrons. The summed E-state index contributed by atoms with van der Waals surface area (Å²) in [4.78, 5) is 15.3. The molecule has 3 atom stereocenters. The Hall–Kier alpha value is -2.33. The molecule has 1 saturated carbocycles. The number of aliphatic hydroxyl groups is 2. The maximum absolute atomic E-state index is 13.1. The van der Waals surface area contributed by atoms with Gasteiger partial charge in [0.2, 0.25) is 10.0 Å². The van der Waals surface area contributed by atoms with Crippen LogP contribution >= 0.6 is 11.6 Å². The molecule has 0 saturated heterocycles. The quantitative estimate of drug-likeness (QED) is 0.449. The van der Waals surface area contributed by atoms with Gasteiger partial charge in [-0.2, -0.15) is 0 Å². The standard InChI is InChI=1S/C30H39ClN2O6S/c31-25-10-7-24-19-39-28-12-9-22-17-27(28)33(14-4-2-6-21(24)16-25)18-23-8-11-26(23)30(36,20-34)13-3-1-5-15-40(37,38)32-29(22)35/h7,9-10,12,16-17,23,26,34,36H,1-6,8,11,13-15,18-20H2,(H,32,35)/t23-,26+,30-/m0/s1. The second kappa shape index (κ2) is 12.3. The summed E-state index contributed by atoms with van der Waals surface area (Å²) in [5.41, 5.74) is 2.00. The fourth-order valence-electron chi connectivity index (χ4n) is 6.39. The fourth-order valence-corrected chi connectivity index (χ4v) is 7.67. The van der Waals surface area contributed by atoms with Gasteiger partial charge in [0.1, 0.15) is 12.4 Å². The number of aliphatic hydroxyl groups excluding tert-OH is 1. The monoisotopic (exact) mass is 590 g/mol. The van der Waals surface area contributed by atoms with Gasteiger partial charge in [0.25, 0.3) is 5.91 Å². The van der Waals surface area contributed by atoms with Crippen LogP contribution in [0.3, 0.4) is 0 Å². The number of anilines is 1. The largest absolute Gasteiger partial charge is 0.487 e. The Balaban J connectivity index is 1.53. The number of fused-ring (bicyclic) bond motifs is 3. The smallest absolute Gasteiger partial charge is 0.264 e. The highest BCUT2D eigenvalue weighted by atomic mass is 35.5. The highest BCUT2D eigenvalue weighted by Gasteiger charge is 2.46. The number of hydrogen-bond donors (Lipinski definition) is 3. The van der Waals surface area contributed by atoms with Crippen molar-refractivity contribution in [2.24, 2.45) is 11.8 Å². The first-order valence-corrected chi connectivity index (χ1v) is 16.4. The second-order valence-electron chi connectivity index (χ2n) is 11.6. The Labute approximate surface area is 241 Å². The number of nitrogens with one attached hydrogen (secondary N) is 1. The van der Waals surface area contributed by atoms with E-state index in [1.807, 2.05) is 18.2 Å². The second-order valence-corrected chi connectivity index (χ2v) is 13.8. The molecule has 3 N–H and O–H groups in total. The van der Waals surface area contributed by atoms with E-state index in [1.165, 1.54) is 0 Å². The number of halogens is 1. The number of benzene rings is 2. The van der Waals surface area contributed by atoms with Gasteiger partial charge in [0.05, 0.1) is 23.6 Å². The van der Waals surface area contributed by atoms with Gasteiger partial charge in [-0.25, -0.2) is 13.1 Å². The lowest BCUT2D eigenvalue weighted by atomic mass is 9.63. The van der Waals surface area contributed by atoms with Crippen LogP contribution in [0.15, 0.2) is 36.4 Å². The minimum absolute atomic E-state index is 0.0467. The zero-order chi connectivity index (χ0) is 28.3. The number of carbonyl (C=O) groups excluding carboxylic acids is 1. The van der Waals surface area contributed by atoms with Crippen molar-refractivity contribution < 1.29 is 28.2 Å². The van der Waals surface area contributed by atoms with Crippen LogP contribution in [0.1, 0.15) is 72.9 Å². The van der Waals surface area contributed by atoms with Crippen molar-refractivity contribution in [2.75, 3.05) is 30.3 Å². The molecule has 0 spiro atoms.